The number of carboxylic acid groups (broad SMARTS) is 1. The summed E-state index contributed by atoms with van der Waals surface area (Å²) in [5.41, 5.74) is 8.14. The Hall–Kier alpha value is -2.36. The molecule has 0 spiro atoms. The number of carboxylic acids is 1. The van der Waals surface area contributed by atoms with Crippen LogP contribution in [0.15, 0.2) is 42.6 Å². The number of nitrogens with zero attached hydrogens (tertiary/aromatic N) is 1. The van der Waals surface area contributed by atoms with Crippen molar-refractivity contribution in [3.05, 3.63) is 48.2 Å². The Bertz CT molecular complexity index is 538. The van der Waals surface area contributed by atoms with E-state index in [1.54, 1.807) is 6.07 Å². The summed E-state index contributed by atoms with van der Waals surface area (Å²) in [6.45, 7) is 0. The van der Waals surface area contributed by atoms with Crippen molar-refractivity contribution in [3.63, 3.8) is 0 Å². The van der Waals surface area contributed by atoms with Gasteiger partial charge in [0.25, 0.3) is 0 Å². The van der Waals surface area contributed by atoms with E-state index in [9.17, 15) is 4.79 Å². The van der Waals surface area contributed by atoms with Crippen molar-refractivity contribution in [2.24, 2.45) is 0 Å². The molecule has 0 unspecified atom stereocenters. The molecule has 4 nitrogen and oxygen atoms in total. The van der Waals surface area contributed by atoms with Crippen molar-refractivity contribution in [2.75, 3.05) is 5.73 Å². The highest BCUT2D eigenvalue weighted by atomic mass is 16.4. The van der Waals surface area contributed by atoms with Crippen LogP contribution in [0.25, 0.3) is 11.1 Å². The van der Waals surface area contributed by atoms with Gasteiger partial charge in [-0.3, -0.25) is 4.79 Å². The minimum atomic E-state index is -0.879. The average molecular weight is 228 g/mol. The van der Waals surface area contributed by atoms with Crippen LogP contribution in [0.5, 0.6) is 0 Å². The molecule has 0 aliphatic carbocycles. The number of nitrogen functional groups attached to an aromatic ring is 1. The zero-order chi connectivity index (χ0) is 12.3. The Morgan fingerprint density at radius 3 is 2.65 bits per heavy atom. The van der Waals surface area contributed by atoms with E-state index in [2.05, 4.69) is 4.98 Å². The molecule has 0 radical (unpaired) electrons. The Kier molecular flexibility index (Phi) is 3.05. The minimum Gasteiger partial charge on any atom is -0.481 e. The number of aromatic nitrogens is 1. The molecule has 3 N–H and O–H groups in total. The first kappa shape index (κ1) is 11.1. The van der Waals surface area contributed by atoms with Crippen molar-refractivity contribution >= 4 is 11.8 Å². The average Bonchev–Trinajstić information content (AvgIpc) is 2.32. The van der Waals surface area contributed by atoms with Crippen LogP contribution in [0, 0.1) is 0 Å². The Morgan fingerprint density at radius 2 is 2.00 bits per heavy atom. The lowest BCUT2D eigenvalue weighted by atomic mass is 10.0. The fourth-order valence-electron chi connectivity index (χ4n) is 1.64. The maximum absolute atomic E-state index is 10.6. The van der Waals surface area contributed by atoms with Gasteiger partial charge in [-0.25, -0.2) is 4.98 Å². The number of benzene rings is 1. The molecule has 2 rings (SSSR count). The summed E-state index contributed by atoms with van der Waals surface area (Å²) >= 11 is 0. The number of pyridine rings is 1. The van der Waals surface area contributed by atoms with Gasteiger partial charge in [-0.15, -0.1) is 0 Å². The number of anilines is 1. The summed E-state index contributed by atoms with van der Waals surface area (Å²) in [7, 11) is 0. The Balaban J connectivity index is 2.43. The first-order valence-corrected chi connectivity index (χ1v) is 5.18. The molecule has 0 saturated heterocycles. The fourth-order valence-corrected chi connectivity index (χ4v) is 1.64. The third kappa shape index (κ3) is 2.60. The quantitative estimate of drug-likeness (QED) is 0.841. The van der Waals surface area contributed by atoms with E-state index >= 15 is 0 Å². The second kappa shape index (κ2) is 4.65. The second-order valence-electron chi connectivity index (χ2n) is 3.71. The Morgan fingerprint density at radius 1 is 1.29 bits per heavy atom. The van der Waals surface area contributed by atoms with Gasteiger partial charge >= 0.3 is 5.97 Å². The lowest BCUT2D eigenvalue weighted by molar-refractivity contribution is -0.136. The van der Waals surface area contributed by atoms with Gasteiger partial charge < -0.3 is 10.8 Å². The number of carbonyl (C=O) groups is 1. The van der Waals surface area contributed by atoms with Crippen LogP contribution in [0.2, 0.25) is 0 Å². The molecule has 0 aliphatic rings. The number of aliphatic carboxylic acids is 1. The third-order valence-electron chi connectivity index (χ3n) is 2.42. The van der Waals surface area contributed by atoms with Crippen LogP contribution in [-0.2, 0) is 11.2 Å². The van der Waals surface area contributed by atoms with Gasteiger partial charge in [0.2, 0.25) is 0 Å². The predicted octanol–water partition coefficient (Wildman–Crippen LogP) is 1.96. The van der Waals surface area contributed by atoms with E-state index in [1.807, 2.05) is 30.3 Å². The van der Waals surface area contributed by atoms with Crippen LogP contribution in [-0.4, -0.2) is 16.1 Å². The summed E-state index contributed by atoms with van der Waals surface area (Å²) in [6.07, 6.45) is 1.45. The lowest BCUT2D eigenvalue weighted by Gasteiger charge is -2.06. The summed E-state index contributed by atoms with van der Waals surface area (Å²) in [4.78, 5) is 14.7. The molecule has 0 aliphatic heterocycles. The highest BCUT2D eigenvalue weighted by molar-refractivity contribution is 5.76. The van der Waals surface area contributed by atoms with Crippen LogP contribution in [0.1, 0.15) is 5.56 Å². The van der Waals surface area contributed by atoms with Gasteiger partial charge in [0, 0.05) is 11.8 Å². The zero-order valence-corrected chi connectivity index (χ0v) is 9.13. The molecule has 2 aromatic rings. The molecule has 4 heteroatoms. The highest BCUT2D eigenvalue weighted by Gasteiger charge is 2.07. The number of nitrogens with two attached hydrogens (primary N) is 1. The minimum absolute atomic E-state index is 0.0485. The first-order valence-electron chi connectivity index (χ1n) is 5.18. The molecule has 0 saturated carbocycles. The molecule has 0 atom stereocenters. The SMILES string of the molecule is Nc1ncc(CC(=O)O)cc1-c1ccccc1. The number of rotatable bonds is 3. The molecular formula is C13H12N2O2. The Labute approximate surface area is 98.7 Å². The van der Waals surface area contributed by atoms with Gasteiger partial charge in [0.15, 0.2) is 0 Å². The molecule has 1 heterocycles. The molecular weight excluding hydrogens is 216 g/mol. The molecule has 86 valence electrons. The van der Waals surface area contributed by atoms with Crippen LogP contribution in [0.4, 0.5) is 5.82 Å². The van der Waals surface area contributed by atoms with Crippen molar-refractivity contribution in [1.29, 1.82) is 0 Å². The van der Waals surface area contributed by atoms with Gasteiger partial charge in [-0.2, -0.15) is 0 Å². The molecule has 0 bridgehead atoms. The summed E-state index contributed by atoms with van der Waals surface area (Å²) in [5, 5.41) is 8.74. The van der Waals surface area contributed by atoms with E-state index in [-0.39, 0.29) is 6.42 Å². The van der Waals surface area contributed by atoms with Crippen LogP contribution < -0.4 is 5.73 Å². The van der Waals surface area contributed by atoms with E-state index in [4.69, 9.17) is 10.8 Å². The van der Waals surface area contributed by atoms with Gasteiger partial charge in [0.05, 0.1) is 6.42 Å². The van der Waals surface area contributed by atoms with Gasteiger partial charge in [0.1, 0.15) is 5.82 Å². The first-order chi connectivity index (χ1) is 8.16. The van der Waals surface area contributed by atoms with Crippen LogP contribution in [0.3, 0.4) is 0 Å². The van der Waals surface area contributed by atoms with Crippen molar-refractivity contribution in [3.8, 4) is 11.1 Å². The number of hydrogen-bond acceptors (Lipinski definition) is 3. The zero-order valence-electron chi connectivity index (χ0n) is 9.13. The maximum Gasteiger partial charge on any atom is 0.307 e. The molecule has 1 aromatic heterocycles. The van der Waals surface area contributed by atoms with E-state index in [0.29, 0.717) is 11.4 Å². The smallest absolute Gasteiger partial charge is 0.307 e. The number of hydrogen-bond donors (Lipinski definition) is 2. The highest BCUT2D eigenvalue weighted by Crippen LogP contribution is 2.24. The van der Waals surface area contributed by atoms with E-state index in [1.165, 1.54) is 6.20 Å². The molecule has 1 aromatic carbocycles. The topological polar surface area (TPSA) is 76.2 Å². The van der Waals surface area contributed by atoms with Crippen molar-refractivity contribution in [1.82, 2.24) is 4.98 Å². The monoisotopic (exact) mass is 228 g/mol. The molecule has 17 heavy (non-hydrogen) atoms. The molecule has 0 fully saturated rings. The lowest BCUT2D eigenvalue weighted by Crippen LogP contribution is -2.02. The van der Waals surface area contributed by atoms with E-state index in [0.717, 1.165) is 11.1 Å². The van der Waals surface area contributed by atoms with Gasteiger partial charge in [-0.05, 0) is 17.2 Å². The standard InChI is InChI=1S/C13H12N2O2/c14-13-11(10-4-2-1-3-5-10)6-9(8-15-13)7-12(16)17/h1-6,8H,7H2,(H2,14,15)(H,16,17). The van der Waals surface area contributed by atoms with Crippen molar-refractivity contribution < 1.29 is 9.90 Å². The van der Waals surface area contributed by atoms with Gasteiger partial charge in [-0.1, -0.05) is 30.3 Å². The normalized spacial score (nSPS) is 10.1. The van der Waals surface area contributed by atoms with Crippen LogP contribution >= 0.6 is 0 Å². The summed E-state index contributed by atoms with van der Waals surface area (Å²) in [5.74, 6) is -0.471. The summed E-state index contributed by atoms with van der Waals surface area (Å²) in [6, 6.07) is 11.3. The largest absolute Gasteiger partial charge is 0.481 e. The van der Waals surface area contributed by atoms with E-state index < -0.39 is 5.97 Å². The second-order valence-corrected chi connectivity index (χ2v) is 3.71. The third-order valence-corrected chi connectivity index (χ3v) is 2.42. The van der Waals surface area contributed by atoms with Crippen molar-refractivity contribution in [2.45, 2.75) is 6.42 Å². The molecule has 0 amide bonds. The predicted molar refractivity (Wildman–Crippen MR) is 65.4 cm³/mol. The maximum atomic E-state index is 10.6. The fraction of sp³-hybridized carbons (Fsp3) is 0.0769. The summed E-state index contributed by atoms with van der Waals surface area (Å²) < 4.78 is 0.